The minimum atomic E-state index is -0.477. The van der Waals surface area contributed by atoms with Crippen LogP contribution in [0.5, 0.6) is 5.75 Å². The molecule has 0 aliphatic heterocycles. The van der Waals surface area contributed by atoms with E-state index in [0.29, 0.717) is 35.1 Å². The Hall–Kier alpha value is -2.09. The second-order valence-electron chi connectivity index (χ2n) is 8.76. The molecule has 0 saturated heterocycles. The molecule has 0 radical (unpaired) electrons. The lowest BCUT2D eigenvalue weighted by molar-refractivity contribution is -0.119. The second kappa shape index (κ2) is 11.0. The van der Waals surface area contributed by atoms with Gasteiger partial charge in [-0.2, -0.15) is 0 Å². The van der Waals surface area contributed by atoms with E-state index in [2.05, 4.69) is 36.3 Å². The number of carbonyl (C=O) groups is 1. The van der Waals surface area contributed by atoms with Gasteiger partial charge in [0.1, 0.15) is 0 Å². The number of nitrogens with zero attached hydrogens (tertiary/aromatic N) is 3. The number of rotatable bonds is 9. The molecule has 1 heterocycles. The first-order chi connectivity index (χ1) is 14.8. The SMILES string of the molecule is CC(C)Cn1c(SCC(=O)NC2CCCCC2C)nnc1C(C)Oc1ccccc1F. The number of halogens is 1. The molecular weight excluding hydrogens is 415 g/mol. The van der Waals surface area contributed by atoms with Crippen molar-refractivity contribution in [2.24, 2.45) is 11.8 Å². The van der Waals surface area contributed by atoms with E-state index in [-0.39, 0.29) is 17.7 Å². The summed E-state index contributed by atoms with van der Waals surface area (Å²) >= 11 is 1.38. The zero-order valence-corrected chi connectivity index (χ0v) is 19.6. The highest BCUT2D eigenvalue weighted by atomic mass is 32.2. The zero-order valence-electron chi connectivity index (χ0n) is 18.8. The van der Waals surface area contributed by atoms with Crippen LogP contribution >= 0.6 is 11.8 Å². The summed E-state index contributed by atoms with van der Waals surface area (Å²) in [4.78, 5) is 12.5. The molecule has 8 heteroatoms. The van der Waals surface area contributed by atoms with E-state index < -0.39 is 11.9 Å². The summed E-state index contributed by atoms with van der Waals surface area (Å²) in [6, 6.07) is 6.59. The summed E-state index contributed by atoms with van der Waals surface area (Å²) in [7, 11) is 0. The van der Waals surface area contributed by atoms with Crippen molar-refractivity contribution in [2.75, 3.05) is 5.75 Å². The molecule has 1 saturated carbocycles. The number of amides is 1. The lowest BCUT2D eigenvalue weighted by atomic mass is 9.86. The molecule has 2 aromatic rings. The minimum absolute atomic E-state index is 0.0278. The quantitative estimate of drug-likeness (QED) is 0.547. The molecule has 1 aliphatic rings. The predicted molar refractivity (Wildman–Crippen MR) is 121 cm³/mol. The van der Waals surface area contributed by atoms with E-state index in [4.69, 9.17) is 4.74 Å². The van der Waals surface area contributed by atoms with E-state index >= 15 is 0 Å². The Kier molecular flexibility index (Phi) is 8.35. The zero-order chi connectivity index (χ0) is 22.4. The Morgan fingerprint density at radius 2 is 2.00 bits per heavy atom. The van der Waals surface area contributed by atoms with Crippen LogP contribution in [-0.2, 0) is 11.3 Å². The van der Waals surface area contributed by atoms with Crippen molar-refractivity contribution < 1.29 is 13.9 Å². The summed E-state index contributed by atoms with van der Waals surface area (Å²) in [5, 5.41) is 12.5. The topological polar surface area (TPSA) is 69.0 Å². The molecule has 3 unspecified atom stereocenters. The third-order valence-electron chi connectivity index (χ3n) is 5.59. The van der Waals surface area contributed by atoms with E-state index in [1.54, 1.807) is 18.2 Å². The molecule has 1 aromatic carbocycles. The maximum absolute atomic E-state index is 14.0. The number of para-hydroxylation sites is 1. The normalized spacial score (nSPS) is 19.9. The van der Waals surface area contributed by atoms with Crippen LogP contribution in [0.2, 0.25) is 0 Å². The van der Waals surface area contributed by atoms with Gasteiger partial charge in [-0.15, -0.1) is 10.2 Å². The highest BCUT2D eigenvalue weighted by molar-refractivity contribution is 7.99. The van der Waals surface area contributed by atoms with Crippen LogP contribution in [0.4, 0.5) is 4.39 Å². The fourth-order valence-electron chi connectivity index (χ4n) is 3.94. The van der Waals surface area contributed by atoms with Crippen LogP contribution < -0.4 is 10.1 Å². The maximum Gasteiger partial charge on any atom is 0.230 e. The second-order valence-corrected chi connectivity index (χ2v) is 9.70. The number of nitrogens with one attached hydrogen (secondary N) is 1. The van der Waals surface area contributed by atoms with Crippen molar-refractivity contribution in [3.63, 3.8) is 0 Å². The summed E-state index contributed by atoms with van der Waals surface area (Å²) in [6.07, 6.45) is 4.17. The van der Waals surface area contributed by atoms with Crippen molar-refractivity contribution in [3.8, 4) is 5.75 Å². The molecule has 3 atom stereocenters. The van der Waals surface area contributed by atoms with Gasteiger partial charge < -0.3 is 14.6 Å². The van der Waals surface area contributed by atoms with E-state index in [0.717, 1.165) is 6.42 Å². The number of aromatic nitrogens is 3. The maximum atomic E-state index is 14.0. The molecule has 6 nitrogen and oxygen atoms in total. The van der Waals surface area contributed by atoms with Crippen molar-refractivity contribution >= 4 is 17.7 Å². The summed E-state index contributed by atoms with van der Waals surface area (Å²) < 4.78 is 21.8. The summed E-state index contributed by atoms with van der Waals surface area (Å²) in [6.45, 7) is 8.95. The van der Waals surface area contributed by atoms with Crippen LogP contribution in [-0.4, -0.2) is 32.5 Å². The third-order valence-corrected chi connectivity index (χ3v) is 6.55. The van der Waals surface area contributed by atoms with Gasteiger partial charge in [-0.1, -0.05) is 57.5 Å². The molecule has 170 valence electrons. The number of thioether (sulfide) groups is 1. The van der Waals surface area contributed by atoms with Crippen LogP contribution in [0.1, 0.15) is 65.3 Å². The van der Waals surface area contributed by atoms with E-state index in [9.17, 15) is 9.18 Å². The average molecular weight is 449 g/mol. The van der Waals surface area contributed by atoms with Crippen molar-refractivity contribution in [1.29, 1.82) is 0 Å². The van der Waals surface area contributed by atoms with Crippen LogP contribution in [0.15, 0.2) is 29.4 Å². The standard InChI is InChI=1S/C23H33FN4O2S/c1-15(2)13-28-22(17(4)30-20-12-8-6-10-18(20)24)26-27-23(28)31-14-21(29)25-19-11-7-5-9-16(19)3/h6,8,10,12,15-17,19H,5,7,9,11,13-14H2,1-4H3,(H,25,29). The Balaban J connectivity index is 1.67. The fraction of sp³-hybridized carbons (Fsp3) is 0.609. The van der Waals surface area contributed by atoms with Gasteiger partial charge in [-0.05, 0) is 43.7 Å². The van der Waals surface area contributed by atoms with Gasteiger partial charge in [0.05, 0.1) is 5.75 Å². The molecular formula is C23H33FN4O2S. The fourth-order valence-corrected chi connectivity index (χ4v) is 4.70. The molecule has 0 spiro atoms. The highest BCUT2D eigenvalue weighted by Crippen LogP contribution is 2.27. The number of hydrogen-bond acceptors (Lipinski definition) is 5. The number of carbonyl (C=O) groups excluding carboxylic acids is 1. The first-order valence-corrected chi connectivity index (χ1v) is 12.1. The first-order valence-electron chi connectivity index (χ1n) is 11.1. The molecule has 1 N–H and O–H groups in total. The largest absolute Gasteiger partial charge is 0.480 e. The molecule has 1 amide bonds. The Labute approximate surface area is 188 Å². The van der Waals surface area contributed by atoms with Gasteiger partial charge >= 0.3 is 0 Å². The molecule has 1 aromatic heterocycles. The van der Waals surface area contributed by atoms with Crippen LogP contribution in [0.25, 0.3) is 0 Å². The molecule has 0 bridgehead atoms. The Bertz CT molecular complexity index is 873. The first kappa shape index (κ1) is 23.6. The number of ether oxygens (including phenoxy) is 1. The lowest BCUT2D eigenvalue weighted by Gasteiger charge is -2.29. The predicted octanol–water partition coefficient (Wildman–Crippen LogP) is 5.00. The van der Waals surface area contributed by atoms with Crippen LogP contribution in [0.3, 0.4) is 0 Å². The summed E-state index contributed by atoms with van der Waals surface area (Å²) in [5.41, 5.74) is 0. The highest BCUT2D eigenvalue weighted by Gasteiger charge is 2.24. The van der Waals surface area contributed by atoms with E-state index in [1.165, 1.54) is 37.1 Å². The average Bonchev–Trinajstić information content (AvgIpc) is 3.12. The Morgan fingerprint density at radius 1 is 1.26 bits per heavy atom. The molecule has 31 heavy (non-hydrogen) atoms. The number of hydrogen-bond donors (Lipinski definition) is 1. The van der Waals surface area contributed by atoms with Gasteiger partial charge in [-0.25, -0.2) is 4.39 Å². The summed E-state index contributed by atoms with van der Waals surface area (Å²) in [5.74, 6) is 1.60. The van der Waals surface area contributed by atoms with Crippen molar-refractivity contribution in [3.05, 3.63) is 35.9 Å². The van der Waals surface area contributed by atoms with Crippen molar-refractivity contribution in [1.82, 2.24) is 20.1 Å². The van der Waals surface area contributed by atoms with Crippen molar-refractivity contribution in [2.45, 2.75) is 77.2 Å². The Morgan fingerprint density at radius 3 is 2.71 bits per heavy atom. The van der Waals surface area contributed by atoms with Crippen LogP contribution in [0, 0.1) is 17.7 Å². The molecule has 1 aliphatic carbocycles. The van der Waals surface area contributed by atoms with Gasteiger partial charge in [0, 0.05) is 12.6 Å². The van der Waals surface area contributed by atoms with E-state index in [1.807, 2.05) is 11.5 Å². The molecule has 3 rings (SSSR count). The number of benzene rings is 1. The third kappa shape index (κ3) is 6.45. The molecule has 1 fully saturated rings. The monoisotopic (exact) mass is 448 g/mol. The van der Waals surface area contributed by atoms with Gasteiger partial charge in [0.15, 0.2) is 28.7 Å². The van der Waals surface area contributed by atoms with Gasteiger partial charge in [-0.3, -0.25) is 4.79 Å². The van der Waals surface area contributed by atoms with Gasteiger partial charge in [0.25, 0.3) is 0 Å². The lowest BCUT2D eigenvalue weighted by Crippen LogP contribution is -2.41. The minimum Gasteiger partial charge on any atom is -0.480 e. The smallest absolute Gasteiger partial charge is 0.230 e. The van der Waals surface area contributed by atoms with Gasteiger partial charge in [0.2, 0.25) is 5.91 Å².